The molecule has 1 heterocycles. The first kappa shape index (κ1) is 6.62. The maximum atomic E-state index is 8.41. The Labute approximate surface area is 55.8 Å². The zero-order chi connectivity index (χ0) is 6.53. The molecule has 0 aliphatic carbocycles. The molecule has 1 fully saturated rings. The van der Waals surface area contributed by atoms with Crippen LogP contribution < -0.4 is 0 Å². The molecule has 9 heavy (non-hydrogen) atoms. The maximum absolute atomic E-state index is 8.41. The SMILES string of the molecule is OC/C=C/N1CCCC1. The first-order valence-corrected chi connectivity index (χ1v) is 3.45. The van der Waals surface area contributed by atoms with E-state index in [0.29, 0.717) is 0 Å². The summed E-state index contributed by atoms with van der Waals surface area (Å²) in [5.74, 6) is 0. The lowest BCUT2D eigenvalue weighted by atomic mass is 10.4. The smallest absolute Gasteiger partial charge is 0.0629 e. The number of rotatable bonds is 2. The van der Waals surface area contributed by atoms with E-state index in [0.717, 1.165) is 13.1 Å². The molecule has 52 valence electrons. The molecular formula is C7H13NO. The molecule has 0 aromatic carbocycles. The van der Waals surface area contributed by atoms with Crippen molar-refractivity contribution in [1.82, 2.24) is 4.90 Å². The van der Waals surface area contributed by atoms with Crippen LogP contribution in [-0.2, 0) is 0 Å². The molecule has 1 N–H and O–H groups in total. The van der Waals surface area contributed by atoms with Crippen molar-refractivity contribution in [2.45, 2.75) is 12.8 Å². The molecule has 0 spiro atoms. The largest absolute Gasteiger partial charge is 0.392 e. The molecule has 0 bridgehead atoms. The second-order valence-corrected chi connectivity index (χ2v) is 2.31. The summed E-state index contributed by atoms with van der Waals surface area (Å²) >= 11 is 0. The van der Waals surface area contributed by atoms with Gasteiger partial charge in [-0.3, -0.25) is 0 Å². The highest BCUT2D eigenvalue weighted by atomic mass is 16.2. The Balaban J connectivity index is 2.18. The van der Waals surface area contributed by atoms with Crippen LogP contribution in [0.5, 0.6) is 0 Å². The third-order valence-corrected chi connectivity index (χ3v) is 1.56. The standard InChI is InChI=1S/C7H13NO/c9-7-3-6-8-4-1-2-5-8/h3,6,9H,1-2,4-5,7H2/b6-3+. The van der Waals surface area contributed by atoms with Crippen molar-refractivity contribution >= 4 is 0 Å². The lowest BCUT2D eigenvalue weighted by Gasteiger charge is -2.08. The van der Waals surface area contributed by atoms with Crippen LogP contribution >= 0.6 is 0 Å². The van der Waals surface area contributed by atoms with Gasteiger partial charge in [0.05, 0.1) is 6.61 Å². The van der Waals surface area contributed by atoms with E-state index in [1.165, 1.54) is 12.8 Å². The highest BCUT2D eigenvalue weighted by Crippen LogP contribution is 2.06. The van der Waals surface area contributed by atoms with Crippen molar-refractivity contribution in [3.05, 3.63) is 12.3 Å². The van der Waals surface area contributed by atoms with Gasteiger partial charge in [-0.2, -0.15) is 0 Å². The molecule has 1 rings (SSSR count). The van der Waals surface area contributed by atoms with Crippen LogP contribution in [0.4, 0.5) is 0 Å². The molecule has 0 aromatic heterocycles. The normalized spacial score (nSPS) is 19.9. The van der Waals surface area contributed by atoms with Gasteiger partial charge in [-0.15, -0.1) is 0 Å². The van der Waals surface area contributed by atoms with Gasteiger partial charge in [0.25, 0.3) is 0 Å². The van der Waals surface area contributed by atoms with Crippen LogP contribution in [0.3, 0.4) is 0 Å². The second-order valence-electron chi connectivity index (χ2n) is 2.31. The van der Waals surface area contributed by atoms with Crippen molar-refractivity contribution in [2.75, 3.05) is 19.7 Å². The van der Waals surface area contributed by atoms with Crippen molar-refractivity contribution in [2.24, 2.45) is 0 Å². The Morgan fingerprint density at radius 3 is 2.56 bits per heavy atom. The Hall–Kier alpha value is -0.500. The lowest BCUT2D eigenvalue weighted by molar-refractivity contribution is 0.338. The molecule has 0 amide bonds. The predicted molar refractivity (Wildman–Crippen MR) is 37.0 cm³/mol. The number of aliphatic hydroxyl groups excluding tert-OH is 1. The fraction of sp³-hybridized carbons (Fsp3) is 0.714. The van der Waals surface area contributed by atoms with Gasteiger partial charge in [0.2, 0.25) is 0 Å². The molecule has 2 nitrogen and oxygen atoms in total. The van der Waals surface area contributed by atoms with Crippen molar-refractivity contribution in [1.29, 1.82) is 0 Å². The minimum absolute atomic E-state index is 0.163. The summed E-state index contributed by atoms with van der Waals surface area (Å²) < 4.78 is 0. The first-order valence-electron chi connectivity index (χ1n) is 3.45. The van der Waals surface area contributed by atoms with Gasteiger partial charge in [0.15, 0.2) is 0 Å². The summed E-state index contributed by atoms with van der Waals surface area (Å²) in [6.07, 6.45) is 6.36. The number of hydrogen-bond acceptors (Lipinski definition) is 2. The summed E-state index contributed by atoms with van der Waals surface area (Å²) in [5, 5.41) is 8.41. The van der Waals surface area contributed by atoms with E-state index in [9.17, 15) is 0 Å². The molecule has 1 saturated heterocycles. The van der Waals surface area contributed by atoms with Gasteiger partial charge >= 0.3 is 0 Å². The zero-order valence-electron chi connectivity index (χ0n) is 5.58. The van der Waals surface area contributed by atoms with E-state index >= 15 is 0 Å². The zero-order valence-corrected chi connectivity index (χ0v) is 5.58. The fourth-order valence-electron chi connectivity index (χ4n) is 1.09. The number of nitrogens with zero attached hydrogens (tertiary/aromatic N) is 1. The Kier molecular flexibility index (Phi) is 2.58. The van der Waals surface area contributed by atoms with Gasteiger partial charge in [-0.1, -0.05) is 0 Å². The molecule has 0 aromatic rings. The highest BCUT2D eigenvalue weighted by Gasteiger charge is 2.04. The van der Waals surface area contributed by atoms with Gasteiger partial charge in [0.1, 0.15) is 0 Å². The topological polar surface area (TPSA) is 23.5 Å². The minimum atomic E-state index is 0.163. The van der Waals surface area contributed by atoms with Gasteiger partial charge in [-0.25, -0.2) is 0 Å². The molecule has 1 aliphatic heterocycles. The minimum Gasteiger partial charge on any atom is -0.392 e. The average Bonchev–Trinajstić information content (AvgIpc) is 2.34. The molecule has 0 atom stereocenters. The summed E-state index contributed by atoms with van der Waals surface area (Å²) in [7, 11) is 0. The van der Waals surface area contributed by atoms with Crippen molar-refractivity contribution in [3.63, 3.8) is 0 Å². The second kappa shape index (κ2) is 3.51. The van der Waals surface area contributed by atoms with Gasteiger partial charge in [-0.05, 0) is 25.1 Å². The van der Waals surface area contributed by atoms with E-state index in [1.54, 1.807) is 6.08 Å². The van der Waals surface area contributed by atoms with Crippen molar-refractivity contribution < 1.29 is 5.11 Å². The van der Waals surface area contributed by atoms with Gasteiger partial charge in [0, 0.05) is 13.1 Å². The van der Waals surface area contributed by atoms with Crippen LogP contribution in [0, 0.1) is 0 Å². The van der Waals surface area contributed by atoms with Crippen LogP contribution in [0.15, 0.2) is 12.3 Å². The Morgan fingerprint density at radius 1 is 1.33 bits per heavy atom. The monoisotopic (exact) mass is 127 g/mol. The number of aliphatic hydroxyl groups is 1. The maximum Gasteiger partial charge on any atom is 0.0629 e. The predicted octanol–water partition coefficient (Wildman–Crippen LogP) is 0.588. The molecular weight excluding hydrogens is 114 g/mol. The van der Waals surface area contributed by atoms with Crippen LogP contribution in [-0.4, -0.2) is 29.7 Å². The Morgan fingerprint density at radius 2 is 2.00 bits per heavy atom. The van der Waals surface area contributed by atoms with E-state index in [2.05, 4.69) is 4.90 Å². The summed E-state index contributed by atoms with van der Waals surface area (Å²) in [6.45, 7) is 2.49. The summed E-state index contributed by atoms with van der Waals surface area (Å²) in [4.78, 5) is 2.23. The van der Waals surface area contributed by atoms with E-state index in [-0.39, 0.29) is 6.61 Å². The Bertz CT molecular complexity index is 95.1. The fourth-order valence-corrected chi connectivity index (χ4v) is 1.09. The van der Waals surface area contributed by atoms with Crippen LogP contribution in [0.1, 0.15) is 12.8 Å². The van der Waals surface area contributed by atoms with Crippen molar-refractivity contribution in [3.8, 4) is 0 Å². The summed E-state index contributed by atoms with van der Waals surface area (Å²) in [6, 6.07) is 0. The molecule has 0 unspecified atom stereocenters. The molecule has 1 aliphatic rings. The molecule has 0 radical (unpaired) electrons. The highest BCUT2D eigenvalue weighted by molar-refractivity contribution is 4.84. The third-order valence-electron chi connectivity index (χ3n) is 1.56. The molecule has 0 saturated carbocycles. The van der Waals surface area contributed by atoms with Crippen LogP contribution in [0.25, 0.3) is 0 Å². The number of likely N-dealkylation sites (tertiary alicyclic amines) is 1. The lowest BCUT2D eigenvalue weighted by Crippen LogP contribution is -2.10. The quantitative estimate of drug-likeness (QED) is 0.586. The van der Waals surface area contributed by atoms with E-state index in [1.807, 2.05) is 6.20 Å². The first-order chi connectivity index (χ1) is 4.43. The number of hydrogen-bond donors (Lipinski definition) is 1. The molecule has 2 heteroatoms. The average molecular weight is 127 g/mol. The van der Waals surface area contributed by atoms with Gasteiger partial charge < -0.3 is 10.0 Å². The third kappa shape index (κ3) is 2.06. The van der Waals surface area contributed by atoms with Crippen LogP contribution in [0.2, 0.25) is 0 Å². The van der Waals surface area contributed by atoms with E-state index < -0.39 is 0 Å². The summed E-state index contributed by atoms with van der Waals surface area (Å²) in [5.41, 5.74) is 0. The van der Waals surface area contributed by atoms with E-state index in [4.69, 9.17) is 5.11 Å².